The maximum absolute atomic E-state index is 12.0. The van der Waals surface area contributed by atoms with Gasteiger partial charge in [0.25, 0.3) is 0 Å². The highest BCUT2D eigenvalue weighted by Crippen LogP contribution is 2.02. The van der Waals surface area contributed by atoms with Gasteiger partial charge >= 0.3 is 0 Å². The van der Waals surface area contributed by atoms with Crippen molar-refractivity contribution in [3.63, 3.8) is 0 Å². The second-order valence-corrected chi connectivity index (χ2v) is 4.21. The van der Waals surface area contributed by atoms with Crippen LogP contribution in [0, 0.1) is 0 Å². The highest BCUT2D eigenvalue weighted by atomic mass is 16.2. The average Bonchev–Trinajstić information content (AvgIpc) is 2.38. The van der Waals surface area contributed by atoms with Crippen LogP contribution in [0.5, 0.6) is 0 Å². The fraction of sp³-hybridized carbons (Fsp3) is 0.583. The van der Waals surface area contributed by atoms with E-state index >= 15 is 0 Å². The number of carbonyl (C=O) groups excluding carboxylic acids is 3. The summed E-state index contributed by atoms with van der Waals surface area (Å²) in [6.45, 7) is 7.59. The third-order valence-electron chi connectivity index (χ3n) is 2.94. The van der Waals surface area contributed by atoms with Crippen molar-refractivity contribution in [1.82, 2.24) is 14.7 Å². The van der Waals surface area contributed by atoms with Gasteiger partial charge in [-0.2, -0.15) is 0 Å². The normalized spacial score (nSPS) is 15.2. The average molecular weight is 253 g/mol. The molecule has 3 amide bonds. The number of hydrogen-bond acceptors (Lipinski definition) is 3. The van der Waals surface area contributed by atoms with Crippen LogP contribution in [-0.4, -0.2) is 72.2 Å². The molecule has 1 heterocycles. The lowest BCUT2D eigenvalue weighted by Gasteiger charge is -2.33. The van der Waals surface area contributed by atoms with E-state index in [4.69, 9.17) is 0 Å². The Kier molecular flexibility index (Phi) is 5.35. The molecule has 0 unspecified atom stereocenters. The van der Waals surface area contributed by atoms with Gasteiger partial charge in [-0.15, -0.1) is 6.58 Å². The van der Waals surface area contributed by atoms with Gasteiger partial charge in [0.05, 0.1) is 0 Å². The van der Waals surface area contributed by atoms with Crippen LogP contribution in [-0.2, 0) is 14.4 Å². The summed E-state index contributed by atoms with van der Waals surface area (Å²) in [4.78, 5) is 38.6. The van der Waals surface area contributed by atoms with Crippen LogP contribution < -0.4 is 0 Å². The van der Waals surface area contributed by atoms with Crippen molar-refractivity contribution < 1.29 is 14.4 Å². The minimum atomic E-state index is -0.144. The molecule has 1 saturated heterocycles. The van der Waals surface area contributed by atoms with Crippen molar-refractivity contribution in [2.45, 2.75) is 6.92 Å². The van der Waals surface area contributed by atoms with E-state index in [0.717, 1.165) is 6.41 Å². The lowest BCUT2D eigenvalue weighted by atomic mass is 10.3. The Balaban J connectivity index is 2.47. The number of nitrogens with zero attached hydrogens (tertiary/aromatic N) is 3. The lowest BCUT2D eigenvalue weighted by molar-refractivity contribution is -0.140. The van der Waals surface area contributed by atoms with Crippen LogP contribution in [0.3, 0.4) is 0 Å². The summed E-state index contributed by atoms with van der Waals surface area (Å²) >= 11 is 0. The van der Waals surface area contributed by atoms with E-state index in [9.17, 15) is 14.4 Å². The molecule has 6 heteroatoms. The van der Waals surface area contributed by atoms with Crippen molar-refractivity contribution in [3.05, 3.63) is 12.7 Å². The topological polar surface area (TPSA) is 60.9 Å². The van der Waals surface area contributed by atoms with Gasteiger partial charge in [0.2, 0.25) is 18.2 Å². The number of piperazine rings is 1. The van der Waals surface area contributed by atoms with Crippen LogP contribution in [0.15, 0.2) is 12.7 Å². The van der Waals surface area contributed by atoms with Crippen molar-refractivity contribution in [3.8, 4) is 0 Å². The zero-order chi connectivity index (χ0) is 13.5. The van der Waals surface area contributed by atoms with Gasteiger partial charge < -0.3 is 14.7 Å². The molecule has 0 atom stereocenters. The Morgan fingerprint density at radius 3 is 2.33 bits per heavy atom. The molecule has 1 rings (SSSR count). The van der Waals surface area contributed by atoms with Crippen LogP contribution >= 0.6 is 0 Å². The monoisotopic (exact) mass is 253 g/mol. The molecule has 0 saturated carbocycles. The van der Waals surface area contributed by atoms with Crippen LogP contribution in [0.1, 0.15) is 6.92 Å². The predicted molar refractivity (Wildman–Crippen MR) is 66.7 cm³/mol. The highest BCUT2D eigenvalue weighted by molar-refractivity contribution is 5.84. The Morgan fingerprint density at radius 1 is 1.28 bits per heavy atom. The first kappa shape index (κ1) is 14.2. The van der Waals surface area contributed by atoms with E-state index in [0.29, 0.717) is 32.7 Å². The molecule has 1 fully saturated rings. The number of amides is 3. The number of rotatable bonds is 5. The predicted octanol–water partition coefficient (Wildman–Crippen LogP) is -0.678. The summed E-state index contributed by atoms with van der Waals surface area (Å²) in [5.41, 5.74) is 0. The Bertz CT molecular complexity index is 335. The first-order valence-corrected chi connectivity index (χ1v) is 5.92. The SMILES string of the molecule is C=CCN(CC(=O)N1CCN(C=O)CC1)C(C)=O. The maximum Gasteiger partial charge on any atom is 0.242 e. The summed E-state index contributed by atoms with van der Waals surface area (Å²) in [5.74, 6) is -0.229. The third-order valence-corrected chi connectivity index (χ3v) is 2.94. The highest BCUT2D eigenvalue weighted by Gasteiger charge is 2.22. The van der Waals surface area contributed by atoms with Crippen molar-refractivity contribution in [1.29, 1.82) is 0 Å². The molecule has 18 heavy (non-hydrogen) atoms. The molecule has 100 valence electrons. The van der Waals surface area contributed by atoms with Gasteiger partial charge in [-0.1, -0.05) is 6.08 Å². The zero-order valence-corrected chi connectivity index (χ0v) is 10.7. The van der Waals surface area contributed by atoms with E-state index in [2.05, 4.69) is 6.58 Å². The Hall–Kier alpha value is -1.85. The van der Waals surface area contributed by atoms with Gasteiger partial charge in [0.1, 0.15) is 6.54 Å². The van der Waals surface area contributed by atoms with Crippen molar-refractivity contribution in [2.75, 3.05) is 39.3 Å². The molecule has 0 aliphatic carbocycles. The minimum absolute atomic E-state index is 0.0719. The zero-order valence-electron chi connectivity index (χ0n) is 10.7. The summed E-state index contributed by atoms with van der Waals surface area (Å²) in [6, 6.07) is 0. The van der Waals surface area contributed by atoms with Crippen LogP contribution in [0.2, 0.25) is 0 Å². The largest absolute Gasteiger partial charge is 0.342 e. The molecular formula is C12H19N3O3. The molecular weight excluding hydrogens is 234 g/mol. The van der Waals surface area contributed by atoms with E-state index < -0.39 is 0 Å². The second kappa shape index (κ2) is 6.78. The second-order valence-electron chi connectivity index (χ2n) is 4.21. The summed E-state index contributed by atoms with van der Waals surface area (Å²) in [6.07, 6.45) is 2.39. The molecule has 0 bridgehead atoms. The van der Waals surface area contributed by atoms with Crippen LogP contribution in [0.4, 0.5) is 0 Å². The minimum Gasteiger partial charge on any atom is -0.342 e. The van der Waals surface area contributed by atoms with E-state index in [1.165, 1.54) is 11.8 Å². The first-order valence-electron chi connectivity index (χ1n) is 5.92. The van der Waals surface area contributed by atoms with Gasteiger partial charge in [0.15, 0.2) is 0 Å². The van der Waals surface area contributed by atoms with Crippen molar-refractivity contribution >= 4 is 18.2 Å². The van der Waals surface area contributed by atoms with Crippen molar-refractivity contribution in [2.24, 2.45) is 0 Å². The number of hydrogen-bond donors (Lipinski definition) is 0. The summed E-state index contributed by atoms with van der Waals surface area (Å²) < 4.78 is 0. The van der Waals surface area contributed by atoms with E-state index in [1.54, 1.807) is 15.9 Å². The molecule has 0 aromatic carbocycles. The van der Waals surface area contributed by atoms with Gasteiger partial charge in [-0.25, -0.2) is 0 Å². The first-order chi connectivity index (χ1) is 8.58. The third kappa shape index (κ3) is 3.87. The molecule has 0 aromatic heterocycles. The lowest BCUT2D eigenvalue weighted by Crippen LogP contribution is -2.51. The standard InChI is InChI=1S/C12H19N3O3/c1-3-4-15(11(2)17)9-12(18)14-7-5-13(10-16)6-8-14/h3,10H,1,4-9H2,2H3. The fourth-order valence-corrected chi connectivity index (χ4v) is 1.80. The number of carbonyl (C=O) groups is 3. The van der Waals surface area contributed by atoms with Crippen LogP contribution in [0.25, 0.3) is 0 Å². The fourth-order valence-electron chi connectivity index (χ4n) is 1.80. The maximum atomic E-state index is 12.0. The molecule has 6 nitrogen and oxygen atoms in total. The van der Waals surface area contributed by atoms with E-state index in [-0.39, 0.29) is 18.4 Å². The molecule has 1 aliphatic heterocycles. The van der Waals surface area contributed by atoms with E-state index in [1.807, 2.05) is 0 Å². The molecule has 1 aliphatic rings. The molecule has 0 aromatic rings. The van der Waals surface area contributed by atoms with Gasteiger partial charge in [0, 0.05) is 39.6 Å². The molecule has 0 N–H and O–H groups in total. The molecule has 0 spiro atoms. The van der Waals surface area contributed by atoms with Gasteiger partial charge in [-0.05, 0) is 0 Å². The molecule has 0 radical (unpaired) electrons. The summed E-state index contributed by atoms with van der Waals surface area (Å²) in [5, 5.41) is 0. The van der Waals surface area contributed by atoms with Gasteiger partial charge in [-0.3, -0.25) is 14.4 Å². The smallest absolute Gasteiger partial charge is 0.242 e. The quantitative estimate of drug-likeness (QED) is 0.482. The Labute approximate surface area is 107 Å². The summed E-state index contributed by atoms with van der Waals surface area (Å²) in [7, 11) is 0. The Morgan fingerprint density at radius 2 is 1.89 bits per heavy atom.